The number of rotatable bonds is 3. The largest absolute Gasteiger partial charge is 0.340 e. The summed E-state index contributed by atoms with van der Waals surface area (Å²) in [5, 5.41) is 23.9. The Balaban J connectivity index is 1.72. The van der Waals surface area contributed by atoms with Crippen molar-refractivity contribution in [2.75, 3.05) is 17.3 Å². The van der Waals surface area contributed by atoms with Crippen LogP contribution in [0, 0.1) is 21.4 Å². The lowest BCUT2D eigenvalue weighted by atomic mass is 10.1. The van der Waals surface area contributed by atoms with Gasteiger partial charge in [0, 0.05) is 35.9 Å². The zero-order chi connectivity index (χ0) is 19.1. The lowest BCUT2D eigenvalue weighted by Gasteiger charge is -2.12. The first-order valence-electron chi connectivity index (χ1n) is 8.12. The Bertz CT molecular complexity index is 1170. The van der Waals surface area contributed by atoms with E-state index in [9.17, 15) is 20.2 Å². The van der Waals surface area contributed by atoms with Crippen LogP contribution in [0.1, 0.15) is 11.1 Å². The van der Waals surface area contributed by atoms with Gasteiger partial charge in [0.2, 0.25) is 5.91 Å². The van der Waals surface area contributed by atoms with Crippen LogP contribution in [-0.4, -0.2) is 22.9 Å². The van der Waals surface area contributed by atoms with E-state index in [2.05, 4.69) is 16.4 Å². The number of pyridine rings is 1. The van der Waals surface area contributed by atoms with E-state index in [0.717, 1.165) is 16.9 Å². The smallest absolute Gasteiger partial charge is 0.270 e. The Morgan fingerprint density at radius 1 is 1.26 bits per heavy atom. The van der Waals surface area contributed by atoms with Gasteiger partial charge >= 0.3 is 0 Å². The molecule has 1 amide bonds. The molecule has 3 aromatic rings. The minimum Gasteiger partial charge on any atom is -0.340 e. The Kier molecular flexibility index (Phi) is 3.70. The summed E-state index contributed by atoms with van der Waals surface area (Å²) in [6.07, 6.45) is 0.347. The van der Waals surface area contributed by atoms with Crippen molar-refractivity contribution in [2.45, 2.75) is 6.42 Å². The molecule has 0 unspecified atom stereocenters. The molecule has 0 spiro atoms. The normalized spacial score (nSPS) is 12.7. The van der Waals surface area contributed by atoms with Crippen molar-refractivity contribution in [3.05, 3.63) is 63.7 Å². The van der Waals surface area contributed by atoms with E-state index >= 15 is 0 Å². The van der Waals surface area contributed by atoms with E-state index in [1.165, 1.54) is 18.2 Å². The number of hydrogen-bond donors (Lipinski definition) is 1. The second-order valence-corrected chi connectivity index (χ2v) is 6.22. The number of anilines is 3. The lowest BCUT2D eigenvalue weighted by molar-refractivity contribution is -0.384. The molecule has 2 aromatic carbocycles. The number of likely N-dealkylation sites (N-methyl/N-ethyl adjacent to an activating group) is 1. The van der Waals surface area contributed by atoms with Gasteiger partial charge in [0.25, 0.3) is 5.69 Å². The number of nitrogens with zero attached hydrogens (tertiary/aromatic N) is 4. The van der Waals surface area contributed by atoms with Crippen LogP contribution in [0.15, 0.2) is 42.5 Å². The monoisotopic (exact) mass is 359 g/mol. The molecule has 4 rings (SSSR count). The predicted molar refractivity (Wildman–Crippen MR) is 100.0 cm³/mol. The molecule has 0 fully saturated rings. The van der Waals surface area contributed by atoms with Gasteiger partial charge in [-0.2, -0.15) is 5.26 Å². The summed E-state index contributed by atoms with van der Waals surface area (Å²) in [6.45, 7) is 0. The SMILES string of the molecule is CN1C(=O)Cc2cc(Nc3cc(C#N)c4cc([N+](=O)[O-])ccc4n3)ccc21. The van der Waals surface area contributed by atoms with Gasteiger partial charge < -0.3 is 10.2 Å². The standard InChI is InChI=1S/C19H13N5O3/c1-23-17-5-2-13(6-11(17)8-19(23)25)21-18-7-12(10-20)15-9-14(24(26)27)3-4-16(15)22-18/h2-7,9H,8H2,1H3,(H,21,22). The van der Waals surface area contributed by atoms with Crippen molar-refractivity contribution >= 4 is 39.7 Å². The molecule has 0 radical (unpaired) electrons. The number of non-ortho nitro benzene ring substituents is 1. The third kappa shape index (κ3) is 2.81. The van der Waals surface area contributed by atoms with Crippen molar-refractivity contribution in [3.8, 4) is 6.07 Å². The van der Waals surface area contributed by atoms with E-state index in [1.54, 1.807) is 18.0 Å². The zero-order valence-electron chi connectivity index (χ0n) is 14.3. The van der Waals surface area contributed by atoms with Gasteiger partial charge in [-0.3, -0.25) is 14.9 Å². The summed E-state index contributed by atoms with van der Waals surface area (Å²) in [6, 6.07) is 13.4. The van der Waals surface area contributed by atoms with Crippen molar-refractivity contribution in [2.24, 2.45) is 0 Å². The number of carbonyl (C=O) groups is 1. The number of nitro benzene ring substituents is 1. The van der Waals surface area contributed by atoms with Crippen molar-refractivity contribution in [1.29, 1.82) is 5.26 Å². The van der Waals surface area contributed by atoms with Gasteiger partial charge in [-0.15, -0.1) is 0 Å². The fourth-order valence-corrected chi connectivity index (χ4v) is 3.18. The number of carbonyl (C=O) groups excluding carboxylic acids is 1. The van der Waals surface area contributed by atoms with Crippen LogP contribution in [0.5, 0.6) is 0 Å². The van der Waals surface area contributed by atoms with Crippen LogP contribution in [0.25, 0.3) is 10.9 Å². The van der Waals surface area contributed by atoms with E-state index in [-0.39, 0.29) is 11.6 Å². The molecule has 0 atom stereocenters. The molecule has 0 bridgehead atoms. The third-order valence-corrected chi connectivity index (χ3v) is 4.55. The van der Waals surface area contributed by atoms with Gasteiger partial charge in [0.05, 0.1) is 28.5 Å². The molecule has 8 nitrogen and oxygen atoms in total. The van der Waals surface area contributed by atoms with Gasteiger partial charge in [0.1, 0.15) is 5.82 Å². The van der Waals surface area contributed by atoms with Gasteiger partial charge in [0.15, 0.2) is 0 Å². The maximum absolute atomic E-state index is 11.8. The lowest BCUT2D eigenvalue weighted by Crippen LogP contribution is -2.20. The number of aromatic nitrogens is 1. The molecule has 8 heteroatoms. The minimum absolute atomic E-state index is 0.0411. The van der Waals surface area contributed by atoms with Gasteiger partial charge in [-0.05, 0) is 35.9 Å². The molecule has 27 heavy (non-hydrogen) atoms. The van der Waals surface area contributed by atoms with Crippen LogP contribution >= 0.6 is 0 Å². The van der Waals surface area contributed by atoms with E-state index in [1.807, 2.05) is 18.2 Å². The number of nitriles is 1. The Morgan fingerprint density at radius 2 is 2.07 bits per heavy atom. The summed E-state index contributed by atoms with van der Waals surface area (Å²) >= 11 is 0. The molecule has 0 saturated carbocycles. The average Bonchev–Trinajstić information content (AvgIpc) is 2.94. The highest BCUT2D eigenvalue weighted by atomic mass is 16.6. The quantitative estimate of drug-likeness (QED) is 0.567. The van der Waals surface area contributed by atoms with E-state index in [0.29, 0.717) is 28.7 Å². The number of nitro groups is 1. The molecular weight excluding hydrogens is 346 g/mol. The highest BCUT2D eigenvalue weighted by molar-refractivity contribution is 6.01. The highest BCUT2D eigenvalue weighted by Crippen LogP contribution is 2.32. The zero-order valence-corrected chi connectivity index (χ0v) is 14.3. The van der Waals surface area contributed by atoms with Crippen LogP contribution < -0.4 is 10.2 Å². The van der Waals surface area contributed by atoms with Crippen LogP contribution in [0.3, 0.4) is 0 Å². The van der Waals surface area contributed by atoms with Crippen molar-refractivity contribution in [3.63, 3.8) is 0 Å². The highest BCUT2D eigenvalue weighted by Gasteiger charge is 2.24. The fraction of sp³-hybridized carbons (Fsp3) is 0.105. The van der Waals surface area contributed by atoms with E-state index in [4.69, 9.17) is 0 Å². The Morgan fingerprint density at radius 3 is 2.81 bits per heavy atom. The average molecular weight is 359 g/mol. The summed E-state index contributed by atoms with van der Waals surface area (Å²) in [4.78, 5) is 28.3. The second kappa shape index (κ2) is 6.07. The molecule has 1 aliphatic heterocycles. The third-order valence-electron chi connectivity index (χ3n) is 4.55. The number of nitrogens with one attached hydrogen (secondary N) is 1. The molecule has 132 valence electrons. The fourth-order valence-electron chi connectivity index (χ4n) is 3.18. The topological polar surface area (TPSA) is 112 Å². The van der Waals surface area contributed by atoms with Crippen LogP contribution in [-0.2, 0) is 11.2 Å². The second-order valence-electron chi connectivity index (χ2n) is 6.22. The maximum Gasteiger partial charge on any atom is 0.270 e. The molecule has 0 saturated heterocycles. The molecule has 1 N–H and O–H groups in total. The molecular formula is C19H13N5O3. The number of benzene rings is 2. The molecule has 1 aliphatic rings. The summed E-state index contributed by atoms with van der Waals surface area (Å²) < 4.78 is 0. The Labute approximate surface area is 153 Å². The minimum atomic E-state index is -0.504. The van der Waals surface area contributed by atoms with Crippen LogP contribution in [0.4, 0.5) is 22.9 Å². The number of hydrogen-bond acceptors (Lipinski definition) is 6. The first kappa shape index (κ1) is 16.5. The van der Waals surface area contributed by atoms with Gasteiger partial charge in [-0.1, -0.05) is 0 Å². The summed E-state index contributed by atoms with van der Waals surface area (Å²) in [7, 11) is 1.74. The van der Waals surface area contributed by atoms with E-state index < -0.39 is 4.92 Å². The summed E-state index contributed by atoms with van der Waals surface area (Å²) in [5.74, 6) is 0.491. The maximum atomic E-state index is 11.8. The van der Waals surface area contributed by atoms with Crippen molar-refractivity contribution in [1.82, 2.24) is 4.98 Å². The predicted octanol–water partition coefficient (Wildman–Crippen LogP) is 3.28. The first-order chi connectivity index (χ1) is 13.0. The first-order valence-corrected chi connectivity index (χ1v) is 8.12. The van der Waals surface area contributed by atoms with Crippen molar-refractivity contribution < 1.29 is 9.72 Å². The van der Waals surface area contributed by atoms with Crippen LogP contribution in [0.2, 0.25) is 0 Å². The summed E-state index contributed by atoms with van der Waals surface area (Å²) in [5.41, 5.74) is 3.23. The molecule has 0 aliphatic carbocycles. The molecule has 2 heterocycles. The number of fused-ring (bicyclic) bond motifs is 2. The Hall–Kier alpha value is -3.99. The number of amides is 1. The van der Waals surface area contributed by atoms with Gasteiger partial charge in [-0.25, -0.2) is 4.98 Å². The molecule has 1 aromatic heterocycles.